The Hall–Kier alpha value is -3.71. The van der Waals surface area contributed by atoms with Gasteiger partial charge in [-0.25, -0.2) is 9.97 Å². The van der Waals surface area contributed by atoms with Gasteiger partial charge in [-0.2, -0.15) is 0 Å². The summed E-state index contributed by atoms with van der Waals surface area (Å²) in [5.41, 5.74) is 3.45. The molecule has 0 atom stereocenters. The first-order valence-electron chi connectivity index (χ1n) is 17.1. The van der Waals surface area contributed by atoms with E-state index in [1.165, 1.54) is 22.0 Å². The minimum atomic E-state index is -1.57. The molecule has 6 rings (SSSR count). The molecule has 259 valence electrons. The van der Waals surface area contributed by atoms with Crippen molar-refractivity contribution >= 4 is 62.8 Å². The molecular formula is C41H48IrN3O3Si-. The van der Waals surface area contributed by atoms with E-state index in [0.29, 0.717) is 5.71 Å². The molecule has 6 nitrogen and oxygen atoms in total. The van der Waals surface area contributed by atoms with E-state index in [9.17, 15) is 9.90 Å². The summed E-state index contributed by atoms with van der Waals surface area (Å²) < 4.78 is 6.16. The van der Waals surface area contributed by atoms with E-state index in [1.54, 1.807) is 12.5 Å². The number of aliphatic hydroxyl groups excluding tert-OH is 1. The normalized spacial score (nSPS) is 12.6. The number of hydrogen-bond acceptors (Lipinski definition) is 6. The van der Waals surface area contributed by atoms with Gasteiger partial charge in [0.15, 0.2) is 5.78 Å². The largest absolute Gasteiger partial charge is 0.512 e. The van der Waals surface area contributed by atoms with E-state index in [4.69, 9.17) is 9.40 Å². The maximum absolute atomic E-state index is 12.2. The molecule has 0 bridgehead atoms. The average Bonchev–Trinajstić information content (AvgIpc) is 3.49. The van der Waals surface area contributed by atoms with Crippen LogP contribution in [0.4, 0.5) is 0 Å². The number of ketones is 1. The summed E-state index contributed by atoms with van der Waals surface area (Å²) in [6, 6.07) is 22.2. The zero-order valence-electron chi connectivity index (χ0n) is 30.2. The van der Waals surface area contributed by atoms with Crippen LogP contribution < -0.4 is 5.19 Å². The Labute approximate surface area is 304 Å². The van der Waals surface area contributed by atoms with Gasteiger partial charge < -0.3 is 9.52 Å². The number of rotatable bonds is 9. The molecule has 3 heterocycles. The second-order valence-electron chi connectivity index (χ2n) is 14.3. The number of fused-ring (bicyclic) bond motifs is 6. The molecule has 8 heteroatoms. The summed E-state index contributed by atoms with van der Waals surface area (Å²) in [4.78, 5) is 26.0. The number of carbonyl (C=O) groups is 1. The molecule has 0 spiro atoms. The van der Waals surface area contributed by atoms with Crippen LogP contribution >= 0.6 is 0 Å². The van der Waals surface area contributed by atoms with Crippen LogP contribution in [0.3, 0.4) is 0 Å². The van der Waals surface area contributed by atoms with Gasteiger partial charge in [0.1, 0.15) is 12.1 Å². The van der Waals surface area contributed by atoms with Crippen molar-refractivity contribution in [3.05, 3.63) is 85.0 Å². The minimum Gasteiger partial charge on any atom is -0.512 e. The minimum absolute atomic E-state index is 0. The van der Waals surface area contributed by atoms with Gasteiger partial charge in [-0.05, 0) is 48.6 Å². The van der Waals surface area contributed by atoms with Crippen LogP contribution in [0.5, 0.6) is 0 Å². The standard InChI is InChI=1S/C26H20N3OSi.C15H28O2.Ir/c1-31(2,3)21-11-4-7-16-12-13-19-23(28-15-29-24(19)22(16)21)20-9-5-8-17-18-10-6-14-27-26(18)30-25(17)20;1-7-14(5,8-2)12(16)11-13(17)15(6,9-3)10-4;/h4-8,10-15H,1-3H3;11,16H,7-10H2,1-6H3;/q-1;;/b;12-11-;. The maximum Gasteiger partial charge on any atom is 0.216 e. The van der Waals surface area contributed by atoms with E-state index >= 15 is 0 Å². The van der Waals surface area contributed by atoms with E-state index in [1.807, 2.05) is 65.8 Å². The molecule has 3 aromatic heterocycles. The molecule has 1 radical (unpaired) electrons. The number of pyridine rings is 1. The molecule has 1 N–H and O–H groups in total. The van der Waals surface area contributed by atoms with Crippen molar-refractivity contribution in [2.75, 3.05) is 0 Å². The smallest absolute Gasteiger partial charge is 0.216 e. The Morgan fingerprint density at radius 1 is 0.857 bits per heavy atom. The van der Waals surface area contributed by atoms with Crippen LogP contribution in [-0.2, 0) is 24.9 Å². The van der Waals surface area contributed by atoms with Crippen molar-refractivity contribution in [1.82, 2.24) is 15.0 Å². The summed E-state index contributed by atoms with van der Waals surface area (Å²) in [6.45, 7) is 19.2. The zero-order valence-corrected chi connectivity index (χ0v) is 33.6. The van der Waals surface area contributed by atoms with Gasteiger partial charge in [0, 0.05) is 59.7 Å². The van der Waals surface area contributed by atoms with Crippen LogP contribution in [0.1, 0.15) is 67.2 Å². The van der Waals surface area contributed by atoms with Crippen molar-refractivity contribution in [1.29, 1.82) is 0 Å². The van der Waals surface area contributed by atoms with Crippen LogP contribution in [-0.4, -0.2) is 33.9 Å². The third kappa shape index (κ3) is 7.28. The molecule has 0 amide bonds. The summed E-state index contributed by atoms with van der Waals surface area (Å²) in [5, 5.41) is 17.0. The van der Waals surface area contributed by atoms with Crippen LogP contribution in [0, 0.1) is 16.9 Å². The van der Waals surface area contributed by atoms with Crippen molar-refractivity contribution in [2.45, 2.75) is 86.9 Å². The van der Waals surface area contributed by atoms with Crippen LogP contribution in [0.2, 0.25) is 19.6 Å². The number of nitrogens with zero attached hydrogens (tertiary/aromatic N) is 3. The Morgan fingerprint density at radius 2 is 1.55 bits per heavy atom. The molecule has 0 aliphatic carbocycles. The number of allylic oxidation sites excluding steroid dienone is 2. The van der Waals surface area contributed by atoms with Crippen molar-refractivity contribution < 1.29 is 34.4 Å². The number of benzene rings is 3. The van der Waals surface area contributed by atoms with Gasteiger partial charge in [0.2, 0.25) is 5.71 Å². The topological polar surface area (TPSA) is 89.1 Å². The molecule has 0 saturated heterocycles. The second-order valence-corrected chi connectivity index (χ2v) is 19.4. The number of aromatic nitrogens is 3. The number of hydrogen-bond donors (Lipinski definition) is 1. The molecule has 3 aromatic carbocycles. The van der Waals surface area contributed by atoms with Crippen molar-refractivity contribution in [3.8, 4) is 11.3 Å². The first-order valence-corrected chi connectivity index (χ1v) is 20.6. The SMILES string of the molecule is CCC(C)(CC)C(=O)/C=C(\O)C(C)(CC)CC.C[Si](C)(C)c1cccc2ccc3c(-c4[c-]ccc5c4oc4ncccc45)ncnc3c12.[Ir]. The molecule has 0 saturated carbocycles. The zero-order chi connectivity index (χ0) is 34.9. The van der Waals surface area contributed by atoms with Gasteiger partial charge in [-0.3, -0.25) is 9.78 Å². The molecule has 0 unspecified atom stereocenters. The second kappa shape index (κ2) is 15.0. The Morgan fingerprint density at radius 3 is 2.20 bits per heavy atom. The van der Waals surface area contributed by atoms with Gasteiger partial charge >= 0.3 is 0 Å². The third-order valence-electron chi connectivity index (χ3n) is 10.5. The van der Waals surface area contributed by atoms with Gasteiger partial charge in [0.25, 0.3) is 0 Å². The Kier molecular flexibility index (Phi) is 11.7. The van der Waals surface area contributed by atoms with Crippen molar-refractivity contribution in [2.24, 2.45) is 10.8 Å². The molecule has 0 aliphatic heterocycles. The van der Waals surface area contributed by atoms with E-state index in [2.05, 4.69) is 66.0 Å². The van der Waals surface area contributed by atoms with E-state index in [0.717, 1.165) is 64.2 Å². The van der Waals surface area contributed by atoms with Crippen LogP contribution in [0.25, 0.3) is 55.0 Å². The van der Waals surface area contributed by atoms with Gasteiger partial charge in [-0.1, -0.05) is 108 Å². The van der Waals surface area contributed by atoms with Crippen molar-refractivity contribution in [3.63, 3.8) is 0 Å². The van der Waals surface area contributed by atoms with E-state index in [-0.39, 0.29) is 42.5 Å². The summed E-state index contributed by atoms with van der Waals surface area (Å²) >= 11 is 0. The fourth-order valence-corrected chi connectivity index (χ4v) is 7.77. The molecule has 0 fully saturated rings. The predicted molar refractivity (Wildman–Crippen MR) is 202 cm³/mol. The number of furan rings is 1. The predicted octanol–water partition coefficient (Wildman–Crippen LogP) is 10.7. The van der Waals surface area contributed by atoms with Crippen LogP contribution in [0.15, 0.2) is 83.4 Å². The Bertz CT molecular complexity index is 2140. The monoisotopic (exact) mass is 851 g/mol. The van der Waals surface area contributed by atoms with Gasteiger partial charge in [-0.15, -0.1) is 18.2 Å². The molecular weight excluding hydrogens is 803 g/mol. The first kappa shape index (κ1) is 38.1. The maximum atomic E-state index is 12.2. The quantitative estimate of drug-likeness (QED) is 0.0512. The number of carbonyl (C=O) groups excluding carboxylic acids is 1. The Balaban J connectivity index is 0.000000260. The summed E-state index contributed by atoms with van der Waals surface area (Å²) in [5.74, 6) is 0.286. The van der Waals surface area contributed by atoms with Gasteiger partial charge in [0.05, 0.1) is 19.2 Å². The third-order valence-corrected chi connectivity index (χ3v) is 12.5. The van der Waals surface area contributed by atoms with E-state index < -0.39 is 8.07 Å². The molecule has 6 aromatic rings. The number of aliphatic hydroxyl groups is 1. The first-order chi connectivity index (χ1) is 22.8. The molecule has 49 heavy (non-hydrogen) atoms. The average molecular weight is 851 g/mol. The summed E-state index contributed by atoms with van der Waals surface area (Å²) in [6.07, 6.45) is 8.16. The molecule has 0 aliphatic rings. The summed E-state index contributed by atoms with van der Waals surface area (Å²) in [7, 11) is -1.57. The fraction of sp³-hybridized carbons (Fsp3) is 0.366. The fourth-order valence-electron chi connectivity index (χ4n) is 6.16.